The maximum absolute atomic E-state index is 13.3. The zero-order chi connectivity index (χ0) is 24.0. The van der Waals surface area contributed by atoms with Gasteiger partial charge in [0.1, 0.15) is 35.7 Å². The molecule has 0 radical (unpaired) electrons. The van der Waals surface area contributed by atoms with Gasteiger partial charge in [-0.3, -0.25) is 14.5 Å². The highest BCUT2D eigenvalue weighted by atomic mass is 16.5. The first-order chi connectivity index (χ1) is 16.4. The van der Waals surface area contributed by atoms with Crippen LogP contribution in [0.5, 0.6) is 5.75 Å². The van der Waals surface area contributed by atoms with Crippen LogP contribution in [0.4, 0.5) is 11.4 Å². The van der Waals surface area contributed by atoms with Gasteiger partial charge in [0.25, 0.3) is 11.7 Å². The fourth-order valence-corrected chi connectivity index (χ4v) is 4.51. The van der Waals surface area contributed by atoms with E-state index >= 15 is 0 Å². The van der Waals surface area contributed by atoms with Gasteiger partial charge < -0.3 is 19.2 Å². The summed E-state index contributed by atoms with van der Waals surface area (Å²) >= 11 is 0. The number of hydrogen-bond acceptors (Lipinski definition) is 6. The minimum absolute atomic E-state index is 0.00162. The molecule has 174 valence electrons. The molecular weight excluding hydrogens is 432 g/mol. The summed E-state index contributed by atoms with van der Waals surface area (Å²) in [5.41, 5.74) is 2.93. The quantitative estimate of drug-likeness (QED) is 0.349. The van der Waals surface area contributed by atoms with Crippen molar-refractivity contribution in [3.63, 3.8) is 0 Å². The largest absolute Gasteiger partial charge is 0.507 e. The number of ether oxygens (including phenoxy) is 1. The number of amides is 1. The molecule has 1 atom stereocenters. The second kappa shape index (κ2) is 8.41. The van der Waals surface area contributed by atoms with Crippen molar-refractivity contribution in [1.29, 1.82) is 0 Å². The Morgan fingerprint density at radius 1 is 1.09 bits per heavy atom. The fraction of sp³-hybridized carbons (Fsp3) is 0.259. The van der Waals surface area contributed by atoms with E-state index in [-0.39, 0.29) is 11.3 Å². The Balaban J connectivity index is 1.67. The average molecular weight is 459 g/mol. The molecule has 2 aromatic carbocycles. The monoisotopic (exact) mass is 458 g/mol. The maximum atomic E-state index is 13.3. The standard InChI is InChI=1S/C27H26N2O5/c1-4-17-6-9-19(10-7-17)29-24(22-11-5-16(2)34-22)23(26(31)27(29)32)25(30)18-8-12-21-20(15-18)28(3)13-14-33-21/h5-12,15,24,30H,4,13-14H2,1-3H3/b25-23-. The molecule has 7 nitrogen and oxygen atoms in total. The second-order valence-corrected chi connectivity index (χ2v) is 8.59. The molecule has 1 unspecified atom stereocenters. The molecule has 0 bridgehead atoms. The van der Waals surface area contributed by atoms with Crippen LogP contribution in [-0.4, -0.2) is 37.0 Å². The van der Waals surface area contributed by atoms with Crippen LogP contribution < -0.4 is 14.5 Å². The number of Topliss-reactive ketones (excluding diaryl/α,β-unsaturated/α-hetero) is 1. The van der Waals surface area contributed by atoms with Crippen molar-refractivity contribution in [3.8, 4) is 5.75 Å². The van der Waals surface area contributed by atoms with E-state index in [0.29, 0.717) is 41.7 Å². The number of furan rings is 1. The lowest BCUT2D eigenvalue weighted by atomic mass is 9.98. The molecule has 1 fully saturated rings. The Morgan fingerprint density at radius 2 is 1.85 bits per heavy atom. The van der Waals surface area contributed by atoms with Gasteiger partial charge in [0.15, 0.2) is 0 Å². The number of ketones is 1. The first kappa shape index (κ1) is 21.8. The number of benzene rings is 2. The number of carbonyl (C=O) groups is 2. The van der Waals surface area contributed by atoms with E-state index in [2.05, 4.69) is 0 Å². The molecule has 2 aliphatic heterocycles. The molecule has 0 saturated carbocycles. The van der Waals surface area contributed by atoms with Gasteiger partial charge in [0, 0.05) is 18.3 Å². The number of nitrogens with zero attached hydrogens (tertiary/aromatic N) is 2. The summed E-state index contributed by atoms with van der Waals surface area (Å²) < 4.78 is 11.6. The summed E-state index contributed by atoms with van der Waals surface area (Å²) in [6.07, 6.45) is 0.858. The summed E-state index contributed by atoms with van der Waals surface area (Å²) in [6, 6.07) is 15.4. The van der Waals surface area contributed by atoms with Crippen LogP contribution in [-0.2, 0) is 16.0 Å². The average Bonchev–Trinajstić information content (AvgIpc) is 3.39. The van der Waals surface area contributed by atoms with Crippen molar-refractivity contribution < 1.29 is 23.8 Å². The van der Waals surface area contributed by atoms with Crippen molar-refractivity contribution in [2.45, 2.75) is 26.3 Å². The number of likely N-dealkylation sites (N-methyl/N-ethyl adjacent to an activating group) is 1. The highest BCUT2D eigenvalue weighted by molar-refractivity contribution is 6.51. The van der Waals surface area contributed by atoms with E-state index in [1.807, 2.05) is 43.1 Å². The van der Waals surface area contributed by atoms with Crippen LogP contribution in [0.3, 0.4) is 0 Å². The summed E-state index contributed by atoms with van der Waals surface area (Å²) in [6.45, 7) is 5.13. The molecule has 0 spiro atoms. The Morgan fingerprint density at radius 3 is 2.53 bits per heavy atom. The third-order valence-electron chi connectivity index (χ3n) is 6.43. The summed E-state index contributed by atoms with van der Waals surface area (Å²) in [5.74, 6) is 0.0687. The minimum Gasteiger partial charge on any atom is -0.507 e. The van der Waals surface area contributed by atoms with Gasteiger partial charge in [0.2, 0.25) is 0 Å². The normalized spacial score (nSPS) is 19.3. The van der Waals surface area contributed by atoms with Crippen molar-refractivity contribution in [2.24, 2.45) is 0 Å². The summed E-state index contributed by atoms with van der Waals surface area (Å²) in [7, 11) is 1.94. The first-order valence-electron chi connectivity index (χ1n) is 11.3. The number of aliphatic hydroxyl groups is 1. The fourth-order valence-electron chi connectivity index (χ4n) is 4.51. The predicted molar refractivity (Wildman–Crippen MR) is 129 cm³/mol. The highest BCUT2D eigenvalue weighted by Gasteiger charge is 2.48. The molecule has 34 heavy (non-hydrogen) atoms. The maximum Gasteiger partial charge on any atom is 0.300 e. The molecule has 3 aromatic rings. The Kier molecular flexibility index (Phi) is 5.40. The van der Waals surface area contributed by atoms with Crippen LogP contribution in [0, 0.1) is 6.92 Å². The number of aliphatic hydroxyl groups excluding tert-OH is 1. The lowest BCUT2D eigenvalue weighted by Crippen LogP contribution is -2.29. The van der Waals surface area contributed by atoms with Crippen LogP contribution in [0.25, 0.3) is 5.76 Å². The third kappa shape index (κ3) is 3.53. The minimum atomic E-state index is -0.883. The second-order valence-electron chi connectivity index (χ2n) is 8.59. The van der Waals surface area contributed by atoms with Gasteiger partial charge in [0.05, 0.1) is 17.8 Å². The number of anilines is 2. The Labute approximate surface area is 197 Å². The number of fused-ring (bicyclic) bond motifs is 1. The Bertz CT molecular complexity index is 1300. The van der Waals surface area contributed by atoms with Crippen molar-refractivity contribution in [1.82, 2.24) is 0 Å². The Hall–Kier alpha value is -4.00. The van der Waals surface area contributed by atoms with Gasteiger partial charge in [-0.25, -0.2) is 0 Å². The summed E-state index contributed by atoms with van der Waals surface area (Å²) in [4.78, 5) is 30.0. The lowest BCUT2D eigenvalue weighted by molar-refractivity contribution is -0.132. The van der Waals surface area contributed by atoms with Crippen molar-refractivity contribution in [2.75, 3.05) is 30.0 Å². The van der Waals surface area contributed by atoms with Crippen LogP contribution in [0.1, 0.15) is 35.6 Å². The molecule has 1 N–H and O–H groups in total. The van der Waals surface area contributed by atoms with Gasteiger partial charge >= 0.3 is 0 Å². The predicted octanol–water partition coefficient (Wildman–Crippen LogP) is 4.61. The van der Waals surface area contributed by atoms with E-state index < -0.39 is 17.7 Å². The topological polar surface area (TPSA) is 83.2 Å². The molecule has 7 heteroatoms. The van der Waals surface area contributed by atoms with Crippen LogP contribution >= 0.6 is 0 Å². The molecule has 1 saturated heterocycles. The molecule has 0 aliphatic carbocycles. The smallest absolute Gasteiger partial charge is 0.300 e. The molecular formula is C27H26N2O5. The molecule has 2 aliphatic rings. The van der Waals surface area contributed by atoms with E-state index in [1.165, 1.54) is 4.90 Å². The molecule has 3 heterocycles. The molecule has 1 aromatic heterocycles. The lowest BCUT2D eigenvalue weighted by Gasteiger charge is -2.28. The van der Waals surface area contributed by atoms with Crippen molar-refractivity contribution in [3.05, 3.63) is 82.8 Å². The number of carbonyl (C=O) groups excluding carboxylic acids is 2. The first-order valence-corrected chi connectivity index (χ1v) is 11.3. The van der Waals surface area contributed by atoms with Crippen LogP contribution in [0.2, 0.25) is 0 Å². The highest BCUT2D eigenvalue weighted by Crippen LogP contribution is 2.43. The number of rotatable bonds is 4. The van der Waals surface area contributed by atoms with E-state index in [4.69, 9.17) is 9.15 Å². The van der Waals surface area contributed by atoms with E-state index in [1.54, 1.807) is 37.3 Å². The number of aryl methyl sites for hydroxylation is 2. The molecule has 5 rings (SSSR count). The molecule has 1 amide bonds. The van der Waals surface area contributed by atoms with E-state index in [9.17, 15) is 14.7 Å². The SMILES string of the molecule is CCc1ccc(N2C(=O)C(=O)/C(=C(\O)c3ccc4c(c3)N(C)CCO4)C2c2ccc(C)o2)cc1. The van der Waals surface area contributed by atoms with E-state index in [0.717, 1.165) is 17.7 Å². The third-order valence-corrected chi connectivity index (χ3v) is 6.43. The van der Waals surface area contributed by atoms with Gasteiger partial charge in [-0.15, -0.1) is 0 Å². The van der Waals surface area contributed by atoms with Crippen molar-refractivity contribution >= 4 is 28.8 Å². The zero-order valence-corrected chi connectivity index (χ0v) is 19.4. The van der Waals surface area contributed by atoms with Gasteiger partial charge in [-0.1, -0.05) is 19.1 Å². The summed E-state index contributed by atoms with van der Waals surface area (Å²) in [5, 5.41) is 11.4. The number of hydrogen-bond donors (Lipinski definition) is 1. The zero-order valence-electron chi connectivity index (χ0n) is 19.4. The van der Waals surface area contributed by atoms with Gasteiger partial charge in [-0.2, -0.15) is 0 Å². The van der Waals surface area contributed by atoms with Crippen LogP contribution in [0.15, 0.2) is 64.6 Å². The van der Waals surface area contributed by atoms with Gasteiger partial charge in [-0.05, 0) is 61.4 Å².